The van der Waals surface area contributed by atoms with Gasteiger partial charge < -0.3 is 10.1 Å². The Kier molecular flexibility index (Phi) is 5.58. The monoisotopic (exact) mass is 375 g/mol. The van der Waals surface area contributed by atoms with Gasteiger partial charge in [-0.05, 0) is 47.7 Å². The molecule has 0 aliphatic rings. The van der Waals surface area contributed by atoms with Crippen molar-refractivity contribution in [2.45, 2.75) is 6.42 Å². The van der Waals surface area contributed by atoms with Crippen LogP contribution < -0.4 is 5.32 Å². The molecule has 0 aliphatic heterocycles. The molecule has 0 bridgehead atoms. The van der Waals surface area contributed by atoms with E-state index < -0.39 is 18.5 Å². The summed E-state index contributed by atoms with van der Waals surface area (Å²) in [4.78, 5) is 24.0. The normalized spacial score (nSPS) is 10.7. The number of carbonyl (C=O) groups is 2. The van der Waals surface area contributed by atoms with E-state index in [1.807, 2.05) is 0 Å². The fourth-order valence-electron chi connectivity index (χ4n) is 2.41. The molecule has 0 saturated heterocycles. The Morgan fingerprint density at radius 1 is 1.08 bits per heavy atom. The molecule has 1 heterocycles. The molecule has 0 aliphatic carbocycles. The Bertz CT molecular complexity index is 955. The molecule has 26 heavy (non-hydrogen) atoms. The highest BCUT2D eigenvalue weighted by Crippen LogP contribution is 2.26. The number of carbonyl (C=O) groups excluding carboxylic acids is 2. The van der Waals surface area contributed by atoms with Crippen molar-refractivity contribution in [3.8, 4) is 0 Å². The van der Waals surface area contributed by atoms with E-state index in [-0.39, 0.29) is 18.2 Å². The second-order valence-corrected chi connectivity index (χ2v) is 6.64. The van der Waals surface area contributed by atoms with Gasteiger partial charge in [-0.3, -0.25) is 4.79 Å². The van der Waals surface area contributed by atoms with Gasteiger partial charge in [-0.25, -0.2) is 13.6 Å². The minimum Gasteiger partial charge on any atom is -0.451 e. The quantitative estimate of drug-likeness (QED) is 0.669. The maximum Gasteiger partial charge on any atom is 0.348 e. The summed E-state index contributed by atoms with van der Waals surface area (Å²) in [5, 5.41) is 3.18. The third-order valence-corrected chi connectivity index (χ3v) is 4.78. The second-order valence-electron chi connectivity index (χ2n) is 5.56. The Balaban J connectivity index is 1.47. The molecule has 1 N–H and O–H groups in total. The highest BCUT2D eigenvalue weighted by molar-refractivity contribution is 7.20. The van der Waals surface area contributed by atoms with Gasteiger partial charge in [-0.2, -0.15) is 0 Å². The van der Waals surface area contributed by atoms with E-state index in [1.165, 1.54) is 35.6 Å². The summed E-state index contributed by atoms with van der Waals surface area (Å²) in [5.41, 5.74) is 0.502. The number of ether oxygens (including phenoxy) is 1. The van der Waals surface area contributed by atoms with Crippen molar-refractivity contribution in [2.24, 2.45) is 0 Å². The van der Waals surface area contributed by atoms with Crippen LogP contribution in [-0.4, -0.2) is 25.0 Å². The van der Waals surface area contributed by atoms with Crippen LogP contribution in [0.1, 0.15) is 15.2 Å². The smallest absolute Gasteiger partial charge is 0.348 e. The minimum atomic E-state index is -0.643. The summed E-state index contributed by atoms with van der Waals surface area (Å²) in [7, 11) is 0. The van der Waals surface area contributed by atoms with E-state index in [0.717, 1.165) is 4.70 Å². The number of hydrogen-bond donors (Lipinski definition) is 1. The summed E-state index contributed by atoms with van der Waals surface area (Å²) < 4.78 is 32.4. The van der Waals surface area contributed by atoms with Crippen molar-refractivity contribution in [3.05, 3.63) is 70.6 Å². The Morgan fingerprint density at radius 2 is 1.88 bits per heavy atom. The molecule has 134 valence electrons. The average molecular weight is 375 g/mol. The number of amides is 1. The molecule has 0 unspecified atom stereocenters. The molecule has 1 amide bonds. The van der Waals surface area contributed by atoms with Gasteiger partial charge in [0.2, 0.25) is 0 Å². The summed E-state index contributed by atoms with van der Waals surface area (Å²) in [6, 6.07) is 12.1. The topological polar surface area (TPSA) is 55.4 Å². The van der Waals surface area contributed by atoms with Crippen molar-refractivity contribution in [1.82, 2.24) is 5.32 Å². The lowest BCUT2D eigenvalue weighted by atomic mass is 10.1. The highest BCUT2D eigenvalue weighted by atomic mass is 32.1. The molecule has 0 fully saturated rings. The second kappa shape index (κ2) is 8.05. The standard InChI is InChI=1S/C19H15F2NO3S/c20-14-5-6-16-13(9-14)10-17(26-16)19(24)25-11-18(23)22-8-7-12-3-1-2-4-15(12)21/h1-6,9-10H,7-8,11H2,(H,22,23). The summed E-state index contributed by atoms with van der Waals surface area (Å²) in [5.74, 6) is -1.82. The molecule has 7 heteroatoms. The van der Waals surface area contributed by atoms with E-state index in [1.54, 1.807) is 24.3 Å². The first kappa shape index (κ1) is 18.0. The molecule has 0 spiro atoms. The van der Waals surface area contributed by atoms with Crippen LogP contribution in [0.2, 0.25) is 0 Å². The number of benzene rings is 2. The molecule has 1 aromatic heterocycles. The van der Waals surface area contributed by atoms with E-state index in [0.29, 0.717) is 22.2 Å². The average Bonchev–Trinajstić information content (AvgIpc) is 3.04. The number of hydrogen-bond acceptors (Lipinski definition) is 4. The van der Waals surface area contributed by atoms with E-state index in [9.17, 15) is 18.4 Å². The van der Waals surface area contributed by atoms with Gasteiger partial charge in [0, 0.05) is 11.2 Å². The first-order chi connectivity index (χ1) is 12.5. The minimum absolute atomic E-state index is 0.236. The van der Waals surface area contributed by atoms with Gasteiger partial charge in [-0.15, -0.1) is 11.3 Å². The van der Waals surface area contributed by atoms with Gasteiger partial charge >= 0.3 is 5.97 Å². The van der Waals surface area contributed by atoms with Crippen molar-refractivity contribution in [3.63, 3.8) is 0 Å². The lowest BCUT2D eigenvalue weighted by Gasteiger charge is -2.06. The largest absolute Gasteiger partial charge is 0.451 e. The molecule has 4 nitrogen and oxygen atoms in total. The van der Waals surface area contributed by atoms with Crippen LogP contribution in [0.5, 0.6) is 0 Å². The van der Waals surface area contributed by atoms with Gasteiger partial charge in [0.1, 0.15) is 16.5 Å². The zero-order valence-corrected chi connectivity index (χ0v) is 14.4. The van der Waals surface area contributed by atoms with Crippen LogP contribution in [0, 0.1) is 11.6 Å². The Hall–Kier alpha value is -2.80. The van der Waals surface area contributed by atoms with Crippen molar-refractivity contribution < 1.29 is 23.1 Å². The number of halogens is 2. The first-order valence-corrected chi connectivity index (χ1v) is 8.71. The number of esters is 1. The molecule has 0 radical (unpaired) electrons. The van der Waals surface area contributed by atoms with Crippen LogP contribution in [0.15, 0.2) is 48.5 Å². The predicted octanol–water partition coefficient (Wildman–Crippen LogP) is 3.70. The van der Waals surface area contributed by atoms with Crippen LogP contribution >= 0.6 is 11.3 Å². The third-order valence-electron chi connectivity index (χ3n) is 3.69. The lowest BCUT2D eigenvalue weighted by molar-refractivity contribution is -0.124. The summed E-state index contributed by atoms with van der Waals surface area (Å²) in [6.45, 7) is -0.196. The predicted molar refractivity (Wildman–Crippen MR) is 95.2 cm³/mol. The SMILES string of the molecule is O=C(COC(=O)c1cc2cc(F)ccc2s1)NCCc1ccccc1F. The molecular weight excluding hydrogens is 360 g/mol. The van der Waals surface area contributed by atoms with Crippen molar-refractivity contribution in [2.75, 3.05) is 13.2 Å². The van der Waals surface area contributed by atoms with Gasteiger partial charge in [0.05, 0.1) is 0 Å². The maximum atomic E-state index is 13.5. The zero-order valence-electron chi connectivity index (χ0n) is 13.6. The molecule has 0 saturated carbocycles. The van der Waals surface area contributed by atoms with Gasteiger partial charge in [0.25, 0.3) is 5.91 Å². The van der Waals surface area contributed by atoms with E-state index in [4.69, 9.17) is 4.74 Å². The fraction of sp³-hybridized carbons (Fsp3) is 0.158. The number of nitrogens with one attached hydrogen (secondary N) is 1. The van der Waals surface area contributed by atoms with Crippen LogP contribution in [0.25, 0.3) is 10.1 Å². The molecule has 3 aromatic rings. The number of thiophene rings is 1. The van der Waals surface area contributed by atoms with Crippen molar-refractivity contribution >= 4 is 33.3 Å². The maximum absolute atomic E-state index is 13.5. The van der Waals surface area contributed by atoms with E-state index >= 15 is 0 Å². The van der Waals surface area contributed by atoms with E-state index in [2.05, 4.69) is 5.32 Å². The lowest BCUT2D eigenvalue weighted by Crippen LogP contribution is -2.30. The number of rotatable bonds is 6. The van der Waals surface area contributed by atoms with Crippen LogP contribution in [-0.2, 0) is 16.0 Å². The molecular formula is C19H15F2NO3S. The van der Waals surface area contributed by atoms with Gasteiger partial charge in [-0.1, -0.05) is 18.2 Å². The molecule has 3 rings (SSSR count). The number of fused-ring (bicyclic) bond motifs is 1. The Labute approximate surface area is 152 Å². The van der Waals surface area contributed by atoms with Gasteiger partial charge in [0.15, 0.2) is 6.61 Å². The third kappa shape index (κ3) is 4.43. The Morgan fingerprint density at radius 3 is 2.69 bits per heavy atom. The summed E-state index contributed by atoms with van der Waals surface area (Å²) in [6.07, 6.45) is 0.342. The summed E-state index contributed by atoms with van der Waals surface area (Å²) >= 11 is 1.17. The first-order valence-electron chi connectivity index (χ1n) is 7.89. The fourth-order valence-corrected chi connectivity index (χ4v) is 3.34. The van der Waals surface area contributed by atoms with Crippen molar-refractivity contribution in [1.29, 1.82) is 0 Å². The zero-order chi connectivity index (χ0) is 18.5. The van der Waals surface area contributed by atoms with Crippen LogP contribution in [0.4, 0.5) is 8.78 Å². The highest BCUT2D eigenvalue weighted by Gasteiger charge is 2.14. The van der Waals surface area contributed by atoms with Crippen LogP contribution in [0.3, 0.4) is 0 Å². The molecule has 0 atom stereocenters. The molecule has 2 aromatic carbocycles.